The van der Waals surface area contributed by atoms with E-state index >= 15 is 0 Å². The fraction of sp³-hybridized carbons (Fsp3) is 0.0149. The SMILES string of the molecule is C=C1/C=C\C=C/Cc2cc(-c3ccc(-n4c5ccccc5c5cc(-c6ccc7c(c6)c6ccccc6n7-c6cccc7ccccc67)ccc54)cc3)c3ccc4ccccc4c3c2-c2ccccc21. The molecule has 14 rings (SSSR count). The van der Waals surface area contributed by atoms with Crippen LogP contribution in [0.3, 0.4) is 0 Å². The van der Waals surface area contributed by atoms with Crippen LogP contribution < -0.4 is 0 Å². The van der Waals surface area contributed by atoms with Gasteiger partial charge in [0.1, 0.15) is 0 Å². The fourth-order valence-electron chi connectivity index (χ4n) is 11.5. The molecule has 0 fully saturated rings. The molecular weight excluding hydrogens is 833 g/mol. The first-order valence-corrected chi connectivity index (χ1v) is 23.9. The molecule has 69 heavy (non-hydrogen) atoms. The molecule has 0 radical (unpaired) electrons. The van der Waals surface area contributed by atoms with E-state index in [4.69, 9.17) is 0 Å². The molecule has 0 bridgehead atoms. The van der Waals surface area contributed by atoms with Crippen LogP contribution in [0.2, 0.25) is 0 Å². The van der Waals surface area contributed by atoms with Gasteiger partial charge < -0.3 is 9.13 Å². The van der Waals surface area contributed by atoms with Crippen molar-refractivity contribution in [2.75, 3.05) is 0 Å². The highest BCUT2D eigenvalue weighted by Crippen LogP contribution is 2.46. The molecule has 1 aliphatic rings. The van der Waals surface area contributed by atoms with E-state index in [0.717, 1.165) is 23.2 Å². The maximum absolute atomic E-state index is 4.51. The Morgan fingerprint density at radius 1 is 0.362 bits per heavy atom. The van der Waals surface area contributed by atoms with Crippen molar-refractivity contribution in [2.24, 2.45) is 0 Å². The highest BCUT2D eigenvalue weighted by molar-refractivity contribution is 6.20. The van der Waals surface area contributed by atoms with Crippen LogP contribution in [0.1, 0.15) is 11.1 Å². The molecule has 322 valence electrons. The average molecular weight is 877 g/mol. The van der Waals surface area contributed by atoms with Crippen molar-refractivity contribution < 1.29 is 0 Å². The van der Waals surface area contributed by atoms with E-state index in [1.807, 2.05) is 0 Å². The summed E-state index contributed by atoms with van der Waals surface area (Å²) in [5.74, 6) is 0. The molecular formula is C67H44N2. The van der Waals surface area contributed by atoms with Gasteiger partial charge in [-0.25, -0.2) is 0 Å². The smallest absolute Gasteiger partial charge is 0.0541 e. The number of allylic oxidation sites excluding steroid dienone is 5. The summed E-state index contributed by atoms with van der Waals surface area (Å²) in [5.41, 5.74) is 18.0. The topological polar surface area (TPSA) is 9.86 Å². The Balaban J connectivity index is 0.901. The summed E-state index contributed by atoms with van der Waals surface area (Å²) in [5, 5.41) is 12.5. The molecule has 11 aromatic carbocycles. The van der Waals surface area contributed by atoms with E-state index in [0.29, 0.717) is 0 Å². The van der Waals surface area contributed by atoms with Crippen LogP contribution in [-0.4, -0.2) is 9.13 Å². The van der Waals surface area contributed by atoms with Crippen molar-refractivity contribution in [1.82, 2.24) is 9.13 Å². The van der Waals surface area contributed by atoms with Crippen molar-refractivity contribution in [2.45, 2.75) is 6.42 Å². The van der Waals surface area contributed by atoms with Crippen LogP contribution in [0, 0.1) is 0 Å². The molecule has 0 saturated carbocycles. The summed E-state index contributed by atoms with van der Waals surface area (Å²) in [6.45, 7) is 4.51. The molecule has 0 aliphatic heterocycles. The number of para-hydroxylation sites is 2. The Morgan fingerprint density at radius 3 is 1.67 bits per heavy atom. The number of hydrogen-bond acceptors (Lipinski definition) is 0. The summed E-state index contributed by atoms with van der Waals surface area (Å²) < 4.78 is 4.87. The molecule has 2 heteroatoms. The van der Waals surface area contributed by atoms with Crippen molar-refractivity contribution in [3.05, 3.63) is 260 Å². The van der Waals surface area contributed by atoms with Gasteiger partial charge in [0.05, 0.1) is 27.8 Å². The van der Waals surface area contributed by atoms with Crippen molar-refractivity contribution in [3.63, 3.8) is 0 Å². The van der Waals surface area contributed by atoms with Gasteiger partial charge in [-0.05, 0) is 144 Å². The average Bonchev–Trinajstić information content (AvgIpc) is 3.92. The van der Waals surface area contributed by atoms with E-state index in [1.165, 1.54) is 121 Å². The third kappa shape index (κ3) is 6.12. The lowest BCUT2D eigenvalue weighted by Crippen LogP contribution is -1.98. The molecule has 0 unspecified atom stereocenters. The Bertz CT molecular complexity index is 4340. The molecule has 1 aliphatic carbocycles. The van der Waals surface area contributed by atoms with Crippen LogP contribution in [0.4, 0.5) is 0 Å². The fourth-order valence-corrected chi connectivity index (χ4v) is 11.5. The summed E-state index contributed by atoms with van der Waals surface area (Å²) in [6, 6.07) is 80.8. The number of benzene rings is 11. The maximum Gasteiger partial charge on any atom is 0.0541 e. The number of nitrogens with zero attached hydrogens (tertiary/aromatic N) is 2. The first kappa shape index (κ1) is 39.2. The maximum atomic E-state index is 4.51. The van der Waals surface area contributed by atoms with Crippen LogP contribution in [-0.2, 0) is 6.42 Å². The third-order valence-corrected chi connectivity index (χ3v) is 14.7. The monoisotopic (exact) mass is 876 g/mol. The number of aromatic nitrogens is 2. The number of hydrogen-bond donors (Lipinski definition) is 0. The van der Waals surface area contributed by atoms with Gasteiger partial charge in [-0.1, -0.05) is 189 Å². The zero-order chi connectivity index (χ0) is 45.6. The molecule has 2 heterocycles. The highest BCUT2D eigenvalue weighted by Gasteiger charge is 2.21. The molecule has 0 N–H and O–H groups in total. The minimum Gasteiger partial charge on any atom is -0.309 e. The quantitative estimate of drug-likeness (QED) is 0.156. The van der Waals surface area contributed by atoms with E-state index in [-0.39, 0.29) is 0 Å². The van der Waals surface area contributed by atoms with Gasteiger partial charge in [-0.15, -0.1) is 0 Å². The van der Waals surface area contributed by atoms with Crippen LogP contribution in [0.15, 0.2) is 249 Å². The molecule has 0 atom stereocenters. The van der Waals surface area contributed by atoms with Gasteiger partial charge in [0.25, 0.3) is 0 Å². The first-order chi connectivity index (χ1) is 34.2. The van der Waals surface area contributed by atoms with Gasteiger partial charge in [0, 0.05) is 32.6 Å². The predicted molar refractivity (Wildman–Crippen MR) is 295 cm³/mol. The van der Waals surface area contributed by atoms with Gasteiger partial charge in [-0.2, -0.15) is 0 Å². The minimum absolute atomic E-state index is 0.816. The van der Waals surface area contributed by atoms with Crippen molar-refractivity contribution in [3.8, 4) is 44.8 Å². The molecule has 0 spiro atoms. The van der Waals surface area contributed by atoms with E-state index in [9.17, 15) is 0 Å². The molecule has 2 aromatic heterocycles. The van der Waals surface area contributed by atoms with Gasteiger partial charge >= 0.3 is 0 Å². The summed E-state index contributed by atoms with van der Waals surface area (Å²) in [6.07, 6.45) is 9.49. The summed E-state index contributed by atoms with van der Waals surface area (Å²) >= 11 is 0. The normalized spacial score (nSPS) is 13.7. The lowest BCUT2D eigenvalue weighted by molar-refractivity contribution is 1.18. The van der Waals surface area contributed by atoms with E-state index < -0.39 is 0 Å². The third-order valence-electron chi connectivity index (χ3n) is 14.7. The van der Waals surface area contributed by atoms with Crippen LogP contribution >= 0.6 is 0 Å². The lowest BCUT2D eigenvalue weighted by atomic mass is 9.82. The Hall–Kier alpha value is -8.98. The summed E-state index contributed by atoms with van der Waals surface area (Å²) in [7, 11) is 0. The minimum atomic E-state index is 0.816. The Morgan fingerprint density at radius 2 is 0.928 bits per heavy atom. The largest absolute Gasteiger partial charge is 0.309 e. The van der Waals surface area contributed by atoms with E-state index in [2.05, 4.69) is 258 Å². The number of rotatable bonds is 4. The molecule has 13 aromatic rings. The highest BCUT2D eigenvalue weighted by atomic mass is 15.0. The van der Waals surface area contributed by atoms with Gasteiger partial charge in [-0.3, -0.25) is 0 Å². The lowest BCUT2D eigenvalue weighted by Gasteiger charge is -2.21. The van der Waals surface area contributed by atoms with Gasteiger partial charge in [0.15, 0.2) is 0 Å². The van der Waals surface area contributed by atoms with Crippen molar-refractivity contribution in [1.29, 1.82) is 0 Å². The second kappa shape index (κ2) is 15.6. The first-order valence-electron chi connectivity index (χ1n) is 23.9. The Kier molecular flexibility index (Phi) is 8.84. The van der Waals surface area contributed by atoms with Crippen LogP contribution in [0.5, 0.6) is 0 Å². The second-order valence-corrected chi connectivity index (χ2v) is 18.4. The molecule has 2 nitrogen and oxygen atoms in total. The Labute approximate surface area is 400 Å². The number of fused-ring (bicyclic) bond motifs is 14. The second-order valence-electron chi connectivity index (χ2n) is 18.4. The van der Waals surface area contributed by atoms with E-state index in [1.54, 1.807) is 0 Å². The predicted octanol–water partition coefficient (Wildman–Crippen LogP) is 18.0. The summed E-state index contributed by atoms with van der Waals surface area (Å²) in [4.78, 5) is 0. The van der Waals surface area contributed by atoms with Crippen LogP contribution in [0.25, 0.3) is 126 Å². The molecule has 0 amide bonds. The zero-order valence-electron chi connectivity index (χ0n) is 37.9. The van der Waals surface area contributed by atoms with Crippen molar-refractivity contribution >= 4 is 81.5 Å². The van der Waals surface area contributed by atoms with Gasteiger partial charge in [0.2, 0.25) is 0 Å². The zero-order valence-corrected chi connectivity index (χ0v) is 37.9. The molecule has 0 saturated heterocycles. The standard InChI is InChI=1S/C67H44N2/c1-43-16-3-2-4-19-49-42-58(57-37-32-45-18-6-8-23-53(45)67(57)66(49)56-26-10-9-21-51(43)56)46-30-35-50(36-31-46)68-62-27-13-11-24-54(62)59-40-47(33-38-64(59)68)48-34-39-65-60(41-48)55-25-12-14-28-63(55)69(65)61-29-15-20-44-17-5-7-22-52(44)61/h2-18,20-42H,1,19H2/b4-2-,16-3-.